The molecule has 1 rings (SSSR count). The molecule has 0 saturated carbocycles. The third-order valence-corrected chi connectivity index (χ3v) is 3.32. The van der Waals surface area contributed by atoms with Gasteiger partial charge in [0, 0.05) is 0 Å². The van der Waals surface area contributed by atoms with Crippen molar-refractivity contribution in [3.05, 3.63) is 16.1 Å². The van der Waals surface area contributed by atoms with Crippen LogP contribution in [0.3, 0.4) is 0 Å². The summed E-state index contributed by atoms with van der Waals surface area (Å²) in [4.78, 5) is 2.10. The van der Waals surface area contributed by atoms with Gasteiger partial charge in [-0.05, 0) is 0 Å². The van der Waals surface area contributed by atoms with Crippen LogP contribution in [0.5, 0.6) is 0 Å². The summed E-state index contributed by atoms with van der Waals surface area (Å²) in [7, 11) is 0. The molecule has 0 spiro atoms. The molecule has 0 aliphatic carbocycles. The molecule has 0 aliphatic heterocycles. The second-order valence-corrected chi connectivity index (χ2v) is 4.61. The number of rotatable bonds is 1. The molecule has 0 unspecified atom stereocenters. The van der Waals surface area contributed by atoms with E-state index in [0.717, 1.165) is 15.7 Å². The molecular formula is C8H10N2Se. The van der Waals surface area contributed by atoms with Gasteiger partial charge in [0.05, 0.1) is 0 Å². The summed E-state index contributed by atoms with van der Waals surface area (Å²) in [5, 5.41) is 8.74. The van der Waals surface area contributed by atoms with Gasteiger partial charge in [-0.15, -0.1) is 0 Å². The van der Waals surface area contributed by atoms with Crippen LogP contribution in [0.4, 0.5) is 4.56 Å². The first-order valence-corrected chi connectivity index (χ1v) is 5.28. The topological polar surface area (TPSA) is 49.8 Å². The van der Waals surface area contributed by atoms with E-state index in [4.69, 9.17) is 11.0 Å². The van der Waals surface area contributed by atoms with Crippen molar-refractivity contribution in [1.82, 2.24) is 0 Å². The van der Waals surface area contributed by atoms with Gasteiger partial charge in [-0.25, -0.2) is 0 Å². The summed E-state index contributed by atoms with van der Waals surface area (Å²) in [5.74, 6) is 0.424. The van der Waals surface area contributed by atoms with E-state index in [1.54, 1.807) is 0 Å². The number of anilines is 1. The first kappa shape index (κ1) is 8.39. The van der Waals surface area contributed by atoms with Gasteiger partial charge in [0.25, 0.3) is 0 Å². The maximum atomic E-state index is 8.74. The monoisotopic (exact) mass is 214 g/mol. The summed E-state index contributed by atoms with van der Waals surface area (Å²) in [6.45, 7) is 4.16. The van der Waals surface area contributed by atoms with Gasteiger partial charge in [-0.1, -0.05) is 0 Å². The molecule has 0 aliphatic rings. The molecule has 1 aromatic rings. The Hall–Kier alpha value is -0.711. The number of nitrogens with zero attached hydrogens (tertiary/aromatic N) is 1. The summed E-state index contributed by atoms with van der Waals surface area (Å²) in [5.41, 5.74) is 7.50. The Morgan fingerprint density at radius 1 is 1.64 bits per heavy atom. The van der Waals surface area contributed by atoms with Gasteiger partial charge in [0.1, 0.15) is 0 Å². The van der Waals surface area contributed by atoms with E-state index in [0.29, 0.717) is 5.92 Å². The average Bonchev–Trinajstić information content (AvgIpc) is 2.30. The Morgan fingerprint density at radius 3 is 2.64 bits per heavy atom. The van der Waals surface area contributed by atoms with Crippen molar-refractivity contribution in [2.45, 2.75) is 19.8 Å². The minimum absolute atomic E-state index is 0.227. The summed E-state index contributed by atoms with van der Waals surface area (Å²) in [6, 6.07) is 2.15. The molecule has 0 fully saturated rings. The van der Waals surface area contributed by atoms with Gasteiger partial charge >= 0.3 is 72.0 Å². The Balaban J connectivity index is 3.19. The number of hydrogen-bond donors (Lipinski definition) is 1. The van der Waals surface area contributed by atoms with Gasteiger partial charge in [0.2, 0.25) is 0 Å². The van der Waals surface area contributed by atoms with Crippen LogP contribution in [0.25, 0.3) is 0 Å². The van der Waals surface area contributed by atoms with Crippen LogP contribution in [-0.2, 0) is 0 Å². The van der Waals surface area contributed by atoms with Crippen molar-refractivity contribution in [2.75, 3.05) is 5.73 Å². The SMILES string of the molecule is CC(C)c1c[se]c(N)c1C#N. The molecule has 1 aromatic heterocycles. The summed E-state index contributed by atoms with van der Waals surface area (Å²) in [6.07, 6.45) is 0. The summed E-state index contributed by atoms with van der Waals surface area (Å²) >= 11 is 0.227. The van der Waals surface area contributed by atoms with Crippen molar-refractivity contribution in [1.29, 1.82) is 5.26 Å². The molecule has 1 heterocycles. The van der Waals surface area contributed by atoms with E-state index < -0.39 is 0 Å². The molecule has 0 bridgehead atoms. The number of hydrogen-bond acceptors (Lipinski definition) is 2. The molecule has 2 nitrogen and oxygen atoms in total. The fraction of sp³-hybridized carbons (Fsp3) is 0.375. The molecule has 3 heteroatoms. The standard InChI is InChI=1S/C8H10N2Se/c1-5(2)7-4-11-8(10)6(7)3-9/h4-5H,10H2,1-2H3. The van der Waals surface area contributed by atoms with E-state index in [-0.39, 0.29) is 14.5 Å². The average molecular weight is 213 g/mol. The van der Waals surface area contributed by atoms with E-state index in [2.05, 4.69) is 24.9 Å². The van der Waals surface area contributed by atoms with Crippen LogP contribution in [0, 0.1) is 11.3 Å². The third-order valence-electron chi connectivity index (χ3n) is 1.58. The molecule has 0 radical (unpaired) electrons. The Kier molecular flexibility index (Phi) is 2.38. The first-order chi connectivity index (χ1) is 5.16. The normalized spacial score (nSPS) is 10.0. The molecule has 11 heavy (non-hydrogen) atoms. The predicted molar refractivity (Wildman–Crippen MR) is 46.6 cm³/mol. The van der Waals surface area contributed by atoms with Gasteiger partial charge in [-0.3, -0.25) is 0 Å². The maximum absolute atomic E-state index is 8.74. The van der Waals surface area contributed by atoms with Crippen molar-refractivity contribution >= 4 is 19.1 Å². The molecule has 0 atom stereocenters. The van der Waals surface area contributed by atoms with Crippen molar-refractivity contribution in [3.63, 3.8) is 0 Å². The van der Waals surface area contributed by atoms with Gasteiger partial charge in [0.15, 0.2) is 0 Å². The quantitative estimate of drug-likeness (QED) is 0.715. The van der Waals surface area contributed by atoms with E-state index in [1.807, 2.05) is 0 Å². The molecule has 58 valence electrons. The van der Waals surface area contributed by atoms with Crippen LogP contribution < -0.4 is 5.73 Å². The van der Waals surface area contributed by atoms with Crippen LogP contribution in [0.15, 0.2) is 4.94 Å². The number of nitrogens with two attached hydrogens (primary N) is 1. The van der Waals surface area contributed by atoms with Gasteiger partial charge < -0.3 is 0 Å². The van der Waals surface area contributed by atoms with Crippen LogP contribution in [-0.4, -0.2) is 14.5 Å². The summed E-state index contributed by atoms with van der Waals surface area (Å²) < 4.78 is 0.781. The minimum atomic E-state index is 0.227. The van der Waals surface area contributed by atoms with Gasteiger partial charge in [-0.2, -0.15) is 0 Å². The molecule has 0 saturated heterocycles. The third kappa shape index (κ3) is 1.48. The molecular weight excluding hydrogens is 203 g/mol. The van der Waals surface area contributed by atoms with Crippen LogP contribution in [0.1, 0.15) is 30.9 Å². The fourth-order valence-electron chi connectivity index (χ4n) is 0.931. The zero-order valence-corrected chi connectivity index (χ0v) is 8.30. The van der Waals surface area contributed by atoms with Crippen molar-refractivity contribution in [2.24, 2.45) is 0 Å². The van der Waals surface area contributed by atoms with E-state index in [9.17, 15) is 0 Å². The Morgan fingerprint density at radius 2 is 2.27 bits per heavy atom. The second-order valence-electron chi connectivity index (χ2n) is 2.70. The van der Waals surface area contributed by atoms with E-state index >= 15 is 0 Å². The van der Waals surface area contributed by atoms with Crippen molar-refractivity contribution < 1.29 is 0 Å². The zero-order chi connectivity index (χ0) is 8.43. The van der Waals surface area contributed by atoms with Crippen LogP contribution in [0.2, 0.25) is 0 Å². The number of nitriles is 1. The molecule has 0 aromatic carbocycles. The fourth-order valence-corrected chi connectivity index (χ4v) is 2.87. The van der Waals surface area contributed by atoms with E-state index in [1.165, 1.54) is 0 Å². The predicted octanol–water partition coefficient (Wildman–Crippen LogP) is 1.32. The molecule has 0 amide bonds. The first-order valence-electron chi connectivity index (χ1n) is 3.43. The molecule has 2 N–H and O–H groups in total. The van der Waals surface area contributed by atoms with Crippen LogP contribution >= 0.6 is 0 Å². The number of nitrogen functional groups attached to an aromatic ring is 1. The second kappa shape index (κ2) is 3.13. The zero-order valence-electron chi connectivity index (χ0n) is 6.59. The Labute approximate surface area is 72.4 Å². The Bertz CT molecular complexity index is 294. The van der Waals surface area contributed by atoms with Crippen molar-refractivity contribution in [3.8, 4) is 6.07 Å².